The predicted molar refractivity (Wildman–Crippen MR) is 127 cm³/mol. The molecule has 0 aromatic heterocycles. The summed E-state index contributed by atoms with van der Waals surface area (Å²) in [5.41, 5.74) is 1.99. The number of ether oxygens (including phenoxy) is 1. The van der Waals surface area contributed by atoms with Gasteiger partial charge >= 0.3 is 5.97 Å². The number of hydrogen-bond donors (Lipinski definition) is 0. The summed E-state index contributed by atoms with van der Waals surface area (Å²) in [4.78, 5) is 26.7. The van der Waals surface area contributed by atoms with Crippen molar-refractivity contribution in [2.45, 2.75) is 57.6 Å². The van der Waals surface area contributed by atoms with Gasteiger partial charge in [0, 0.05) is 25.2 Å². The zero-order valence-electron chi connectivity index (χ0n) is 19.2. The van der Waals surface area contributed by atoms with Crippen LogP contribution in [0, 0.1) is 0 Å². The first-order chi connectivity index (χ1) is 15.5. The van der Waals surface area contributed by atoms with E-state index < -0.39 is 22.6 Å². The number of halogens is 1. The zero-order valence-corrected chi connectivity index (χ0v) is 20.8. The third-order valence-corrected chi connectivity index (χ3v) is 7.79. The van der Waals surface area contributed by atoms with Gasteiger partial charge in [0.25, 0.3) is 5.91 Å². The molecule has 0 saturated carbocycles. The van der Waals surface area contributed by atoms with Gasteiger partial charge < -0.3 is 9.64 Å². The van der Waals surface area contributed by atoms with Gasteiger partial charge in [-0.15, -0.1) is 0 Å². The van der Waals surface area contributed by atoms with E-state index in [1.165, 1.54) is 22.5 Å². The van der Waals surface area contributed by atoms with Gasteiger partial charge in [-0.2, -0.15) is 4.31 Å². The molecule has 9 heteroatoms. The van der Waals surface area contributed by atoms with E-state index in [0.29, 0.717) is 13.0 Å². The van der Waals surface area contributed by atoms with Gasteiger partial charge in [0.05, 0.1) is 15.5 Å². The van der Waals surface area contributed by atoms with Crippen molar-refractivity contribution < 1.29 is 22.7 Å². The molecule has 3 rings (SSSR count). The lowest BCUT2D eigenvalue weighted by Gasteiger charge is -2.30. The Morgan fingerprint density at radius 3 is 2.33 bits per heavy atom. The Morgan fingerprint density at radius 2 is 1.70 bits per heavy atom. The smallest absolute Gasteiger partial charge is 0.340 e. The van der Waals surface area contributed by atoms with Gasteiger partial charge in [-0.05, 0) is 63.4 Å². The highest BCUT2D eigenvalue weighted by Gasteiger charge is 2.30. The van der Waals surface area contributed by atoms with Gasteiger partial charge in [0.1, 0.15) is 0 Å². The molecule has 0 bridgehead atoms. The lowest BCUT2D eigenvalue weighted by Crippen LogP contribution is -2.44. The molecule has 178 valence electrons. The van der Waals surface area contributed by atoms with Crippen LogP contribution in [0.15, 0.2) is 47.4 Å². The van der Waals surface area contributed by atoms with Crippen molar-refractivity contribution in [1.29, 1.82) is 0 Å². The van der Waals surface area contributed by atoms with Crippen LogP contribution in [0.5, 0.6) is 0 Å². The first-order valence-corrected chi connectivity index (χ1v) is 12.7. The average molecular weight is 493 g/mol. The standard InChI is InChI=1S/C24H29ClN2O5S/c1-16(2)27(17(3)4)23(28)15-32-24(29)21-13-20(9-10-22(21)25)33(30,31)26-12-11-18-7-5-6-8-19(18)14-26/h5-10,13,16-17H,11-12,14-15H2,1-4H3. The SMILES string of the molecule is CC(C)N(C(=O)COC(=O)c1cc(S(=O)(=O)N2CCc3ccccc3C2)ccc1Cl)C(C)C. The van der Waals surface area contributed by atoms with E-state index in [-0.39, 0.29) is 40.0 Å². The summed E-state index contributed by atoms with van der Waals surface area (Å²) < 4.78 is 33.1. The molecule has 0 atom stereocenters. The highest BCUT2D eigenvalue weighted by molar-refractivity contribution is 7.89. The average Bonchev–Trinajstić information content (AvgIpc) is 2.76. The maximum Gasteiger partial charge on any atom is 0.340 e. The van der Waals surface area contributed by atoms with Crippen LogP contribution >= 0.6 is 11.6 Å². The van der Waals surface area contributed by atoms with E-state index in [0.717, 1.165) is 11.1 Å². The molecule has 0 N–H and O–H groups in total. The Bertz CT molecular complexity index is 1140. The third-order valence-electron chi connectivity index (χ3n) is 5.62. The Morgan fingerprint density at radius 1 is 1.06 bits per heavy atom. The Balaban J connectivity index is 1.77. The molecule has 0 spiro atoms. The summed E-state index contributed by atoms with van der Waals surface area (Å²) in [5.74, 6) is -1.18. The van der Waals surface area contributed by atoms with Gasteiger partial charge in [-0.25, -0.2) is 13.2 Å². The topological polar surface area (TPSA) is 84.0 Å². The van der Waals surface area contributed by atoms with Crippen molar-refractivity contribution in [3.05, 3.63) is 64.2 Å². The second-order valence-electron chi connectivity index (χ2n) is 8.56. The molecule has 1 heterocycles. The second-order valence-corrected chi connectivity index (χ2v) is 10.9. The van der Waals surface area contributed by atoms with Crippen LogP contribution < -0.4 is 0 Å². The molecule has 1 amide bonds. The second kappa shape index (κ2) is 10.2. The fourth-order valence-corrected chi connectivity index (χ4v) is 5.74. The lowest BCUT2D eigenvalue weighted by molar-refractivity contribution is -0.138. The largest absolute Gasteiger partial charge is 0.452 e. The summed E-state index contributed by atoms with van der Waals surface area (Å²) in [7, 11) is -3.85. The van der Waals surface area contributed by atoms with Crippen molar-refractivity contribution in [3.63, 3.8) is 0 Å². The van der Waals surface area contributed by atoms with Gasteiger partial charge in [-0.1, -0.05) is 35.9 Å². The molecule has 2 aromatic carbocycles. The van der Waals surface area contributed by atoms with Crippen LogP contribution in [0.2, 0.25) is 5.02 Å². The fraction of sp³-hybridized carbons (Fsp3) is 0.417. The van der Waals surface area contributed by atoms with E-state index in [1.54, 1.807) is 4.90 Å². The number of nitrogens with zero attached hydrogens (tertiary/aromatic N) is 2. The quantitative estimate of drug-likeness (QED) is 0.547. The number of benzene rings is 2. The number of hydrogen-bond acceptors (Lipinski definition) is 5. The molecule has 0 fully saturated rings. The van der Waals surface area contributed by atoms with Gasteiger partial charge in [0.15, 0.2) is 6.61 Å². The number of esters is 1. The highest BCUT2D eigenvalue weighted by atomic mass is 35.5. The van der Waals surface area contributed by atoms with E-state index in [2.05, 4.69) is 0 Å². The molecule has 2 aromatic rings. The first-order valence-electron chi connectivity index (χ1n) is 10.9. The third kappa shape index (κ3) is 5.57. The summed E-state index contributed by atoms with van der Waals surface area (Å²) >= 11 is 6.17. The molecule has 1 aliphatic rings. The van der Waals surface area contributed by atoms with E-state index in [4.69, 9.17) is 16.3 Å². The van der Waals surface area contributed by atoms with Crippen molar-refractivity contribution in [1.82, 2.24) is 9.21 Å². The minimum Gasteiger partial charge on any atom is -0.452 e. The predicted octanol–water partition coefficient (Wildman–Crippen LogP) is 3.89. The summed E-state index contributed by atoms with van der Waals surface area (Å²) in [6.45, 7) is 7.67. The molecule has 1 aliphatic heterocycles. The minimum atomic E-state index is -3.85. The lowest BCUT2D eigenvalue weighted by atomic mass is 10.0. The van der Waals surface area contributed by atoms with Crippen LogP contribution in [0.25, 0.3) is 0 Å². The van der Waals surface area contributed by atoms with Gasteiger partial charge in [0.2, 0.25) is 10.0 Å². The van der Waals surface area contributed by atoms with Crippen LogP contribution in [-0.2, 0) is 32.5 Å². The Labute approximate surface area is 200 Å². The summed E-state index contributed by atoms with van der Waals surface area (Å²) in [6, 6.07) is 11.6. The van der Waals surface area contributed by atoms with Crippen LogP contribution in [-0.4, -0.2) is 54.7 Å². The highest BCUT2D eigenvalue weighted by Crippen LogP contribution is 2.28. The van der Waals surface area contributed by atoms with Gasteiger partial charge in [-0.3, -0.25) is 4.79 Å². The zero-order chi connectivity index (χ0) is 24.3. The van der Waals surface area contributed by atoms with Crippen LogP contribution in [0.4, 0.5) is 0 Å². The molecule has 0 aliphatic carbocycles. The van der Waals surface area contributed by atoms with Crippen LogP contribution in [0.1, 0.15) is 49.2 Å². The monoisotopic (exact) mass is 492 g/mol. The van der Waals surface area contributed by atoms with E-state index >= 15 is 0 Å². The number of carbonyl (C=O) groups excluding carboxylic acids is 2. The fourth-order valence-electron chi connectivity index (χ4n) is 4.10. The molecule has 0 unspecified atom stereocenters. The maximum absolute atomic E-state index is 13.3. The molecular formula is C24H29ClN2O5S. The number of sulfonamides is 1. The first kappa shape index (κ1) is 25.2. The molecule has 7 nitrogen and oxygen atoms in total. The number of fused-ring (bicyclic) bond motifs is 1. The molecular weight excluding hydrogens is 464 g/mol. The van der Waals surface area contributed by atoms with Crippen molar-refractivity contribution >= 4 is 33.5 Å². The van der Waals surface area contributed by atoms with Crippen LogP contribution in [0.3, 0.4) is 0 Å². The number of amides is 1. The van der Waals surface area contributed by atoms with Crippen molar-refractivity contribution in [3.8, 4) is 0 Å². The summed E-state index contributed by atoms with van der Waals surface area (Å²) in [6.07, 6.45) is 0.613. The Hall–Kier alpha value is -2.42. The number of carbonyl (C=O) groups is 2. The summed E-state index contributed by atoms with van der Waals surface area (Å²) in [5, 5.41) is 0.0555. The van der Waals surface area contributed by atoms with Crippen molar-refractivity contribution in [2.75, 3.05) is 13.2 Å². The Kier molecular flexibility index (Phi) is 7.82. The van der Waals surface area contributed by atoms with E-state index in [9.17, 15) is 18.0 Å². The maximum atomic E-state index is 13.3. The molecule has 0 radical (unpaired) electrons. The van der Waals surface area contributed by atoms with Crippen molar-refractivity contribution in [2.24, 2.45) is 0 Å². The minimum absolute atomic E-state index is 0.0458. The van der Waals surface area contributed by atoms with E-state index in [1.807, 2.05) is 52.0 Å². The number of rotatable bonds is 7. The normalized spacial score (nSPS) is 14.3. The molecule has 0 saturated heterocycles. The molecule has 33 heavy (non-hydrogen) atoms.